The van der Waals surface area contributed by atoms with E-state index in [0.717, 1.165) is 6.42 Å². The molecule has 1 heterocycles. The number of benzene rings is 1. The fraction of sp³-hybridized carbons (Fsp3) is 0.462. The van der Waals surface area contributed by atoms with Crippen molar-refractivity contribution in [3.05, 3.63) is 35.4 Å². The number of nitriles is 1. The Labute approximate surface area is 113 Å². The van der Waals surface area contributed by atoms with Crippen LogP contribution in [-0.2, 0) is 15.8 Å². The number of aliphatic hydroxyl groups is 1. The highest BCUT2D eigenvalue weighted by Crippen LogP contribution is 2.23. The molecule has 0 bridgehead atoms. The summed E-state index contributed by atoms with van der Waals surface area (Å²) < 4.78 is 26.0. The quantitative estimate of drug-likeness (QED) is 0.886. The van der Waals surface area contributed by atoms with Gasteiger partial charge >= 0.3 is 0 Å². The van der Waals surface area contributed by atoms with Crippen LogP contribution in [0.1, 0.15) is 24.0 Å². The molecule has 1 aromatic rings. The summed E-state index contributed by atoms with van der Waals surface area (Å²) in [5, 5.41) is 18.0. The van der Waals surface area contributed by atoms with E-state index in [2.05, 4.69) is 0 Å². The van der Waals surface area contributed by atoms with Gasteiger partial charge in [-0.1, -0.05) is 12.1 Å². The lowest BCUT2D eigenvalue weighted by molar-refractivity contribution is 0.213. The lowest BCUT2D eigenvalue weighted by Gasteiger charge is -2.22. The molecule has 1 atom stereocenters. The van der Waals surface area contributed by atoms with Gasteiger partial charge in [0, 0.05) is 12.6 Å². The van der Waals surface area contributed by atoms with E-state index in [1.54, 1.807) is 24.3 Å². The van der Waals surface area contributed by atoms with Crippen LogP contribution in [0.3, 0.4) is 0 Å². The molecule has 2 rings (SSSR count). The van der Waals surface area contributed by atoms with Crippen LogP contribution in [-0.4, -0.2) is 37.0 Å². The molecule has 5 nitrogen and oxygen atoms in total. The van der Waals surface area contributed by atoms with Gasteiger partial charge in [-0.3, -0.25) is 0 Å². The summed E-state index contributed by atoms with van der Waals surface area (Å²) in [6.07, 6.45) is 1.48. The van der Waals surface area contributed by atoms with Crippen molar-refractivity contribution in [1.29, 1.82) is 5.26 Å². The normalized spacial score (nSPS) is 20.3. The summed E-state index contributed by atoms with van der Waals surface area (Å²) in [4.78, 5) is 0. The standard InChI is InChI=1S/C13H16N2O3S/c14-8-11-3-1-4-12(7-11)10-19(17,18)15-6-2-5-13(15)9-16/h1,3-4,7,13,16H,2,5-6,9-10H2/t13-/m1/s1. The summed E-state index contributed by atoms with van der Waals surface area (Å²) >= 11 is 0. The zero-order chi connectivity index (χ0) is 13.9. The summed E-state index contributed by atoms with van der Waals surface area (Å²) in [5.74, 6) is -0.126. The first-order chi connectivity index (χ1) is 9.06. The molecule has 1 aromatic carbocycles. The van der Waals surface area contributed by atoms with E-state index in [9.17, 15) is 13.5 Å². The third kappa shape index (κ3) is 3.13. The number of sulfonamides is 1. The smallest absolute Gasteiger partial charge is 0.218 e. The molecule has 1 fully saturated rings. The predicted molar refractivity (Wildman–Crippen MR) is 70.6 cm³/mol. The van der Waals surface area contributed by atoms with Gasteiger partial charge in [-0.05, 0) is 30.5 Å². The molecule has 0 radical (unpaired) electrons. The Hall–Kier alpha value is -1.42. The van der Waals surface area contributed by atoms with E-state index in [4.69, 9.17) is 5.26 Å². The molecule has 102 valence electrons. The van der Waals surface area contributed by atoms with Crippen LogP contribution >= 0.6 is 0 Å². The van der Waals surface area contributed by atoms with Gasteiger partial charge < -0.3 is 5.11 Å². The highest BCUT2D eigenvalue weighted by Gasteiger charge is 2.33. The van der Waals surface area contributed by atoms with Crippen LogP contribution in [0.25, 0.3) is 0 Å². The molecule has 1 aliphatic heterocycles. The van der Waals surface area contributed by atoms with E-state index in [-0.39, 0.29) is 18.4 Å². The molecule has 1 saturated heterocycles. The Morgan fingerprint density at radius 1 is 1.47 bits per heavy atom. The Kier molecular flexibility index (Phi) is 4.20. The summed E-state index contributed by atoms with van der Waals surface area (Å²) in [5.41, 5.74) is 1.05. The van der Waals surface area contributed by atoms with Crippen molar-refractivity contribution in [2.45, 2.75) is 24.6 Å². The second kappa shape index (κ2) is 5.70. The van der Waals surface area contributed by atoms with Crippen molar-refractivity contribution in [3.63, 3.8) is 0 Å². The van der Waals surface area contributed by atoms with Crippen LogP contribution in [0.4, 0.5) is 0 Å². The fourth-order valence-electron chi connectivity index (χ4n) is 2.38. The molecular weight excluding hydrogens is 264 g/mol. The molecule has 19 heavy (non-hydrogen) atoms. The number of nitrogens with zero attached hydrogens (tertiary/aromatic N) is 2. The highest BCUT2D eigenvalue weighted by atomic mass is 32.2. The Morgan fingerprint density at radius 2 is 2.26 bits per heavy atom. The van der Waals surface area contributed by atoms with Crippen molar-refractivity contribution < 1.29 is 13.5 Å². The number of rotatable bonds is 4. The van der Waals surface area contributed by atoms with Crippen molar-refractivity contribution in [2.24, 2.45) is 0 Å². The number of hydrogen-bond acceptors (Lipinski definition) is 4. The van der Waals surface area contributed by atoms with Gasteiger partial charge in [-0.15, -0.1) is 0 Å². The Morgan fingerprint density at radius 3 is 2.95 bits per heavy atom. The van der Waals surface area contributed by atoms with Gasteiger partial charge in [0.05, 0.1) is 24.0 Å². The zero-order valence-corrected chi connectivity index (χ0v) is 11.3. The zero-order valence-electron chi connectivity index (χ0n) is 10.5. The van der Waals surface area contributed by atoms with Crippen LogP contribution in [0, 0.1) is 11.3 Å². The Bertz CT molecular complexity index is 592. The third-order valence-electron chi connectivity index (χ3n) is 3.30. The fourth-order valence-corrected chi connectivity index (χ4v) is 4.18. The predicted octanol–water partition coefficient (Wildman–Crippen LogP) is 0.845. The average Bonchev–Trinajstić information content (AvgIpc) is 2.87. The lowest BCUT2D eigenvalue weighted by Crippen LogP contribution is -2.38. The highest BCUT2D eigenvalue weighted by molar-refractivity contribution is 7.88. The molecule has 6 heteroatoms. The second-order valence-corrected chi connectivity index (χ2v) is 6.58. The SMILES string of the molecule is N#Cc1cccc(CS(=O)(=O)N2CCC[C@@H]2CO)c1. The first-order valence-corrected chi connectivity index (χ1v) is 7.77. The molecule has 0 amide bonds. The van der Waals surface area contributed by atoms with Gasteiger partial charge in [0.2, 0.25) is 10.0 Å². The third-order valence-corrected chi connectivity index (χ3v) is 5.19. The molecule has 1 aliphatic rings. The molecule has 0 saturated carbocycles. The monoisotopic (exact) mass is 280 g/mol. The Balaban J connectivity index is 2.19. The van der Waals surface area contributed by atoms with Gasteiger partial charge in [0.1, 0.15) is 0 Å². The van der Waals surface area contributed by atoms with Gasteiger partial charge in [-0.25, -0.2) is 8.42 Å². The van der Waals surface area contributed by atoms with Crippen molar-refractivity contribution in [2.75, 3.05) is 13.2 Å². The topological polar surface area (TPSA) is 81.4 Å². The maximum absolute atomic E-state index is 12.3. The first-order valence-electron chi connectivity index (χ1n) is 6.16. The van der Waals surface area contributed by atoms with Gasteiger partial charge in [0.25, 0.3) is 0 Å². The minimum atomic E-state index is -3.44. The summed E-state index contributed by atoms with van der Waals surface area (Å²) in [6, 6.07) is 8.29. The molecular formula is C13H16N2O3S. The summed E-state index contributed by atoms with van der Waals surface area (Å²) in [6.45, 7) is 0.322. The molecule has 0 unspecified atom stereocenters. The number of aliphatic hydroxyl groups excluding tert-OH is 1. The van der Waals surface area contributed by atoms with Crippen molar-refractivity contribution in [1.82, 2.24) is 4.31 Å². The van der Waals surface area contributed by atoms with Crippen LogP contribution in [0.2, 0.25) is 0 Å². The van der Waals surface area contributed by atoms with Crippen molar-refractivity contribution >= 4 is 10.0 Å². The van der Waals surface area contributed by atoms with E-state index in [1.165, 1.54) is 4.31 Å². The molecule has 0 spiro atoms. The maximum Gasteiger partial charge on any atom is 0.218 e. The average molecular weight is 280 g/mol. The minimum Gasteiger partial charge on any atom is -0.395 e. The van der Waals surface area contributed by atoms with Gasteiger partial charge in [-0.2, -0.15) is 9.57 Å². The molecule has 0 aliphatic carbocycles. The summed E-state index contributed by atoms with van der Waals surface area (Å²) in [7, 11) is -3.44. The van der Waals surface area contributed by atoms with E-state index in [0.29, 0.717) is 24.1 Å². The van der Waals surface area contributed by atoms with Gasteiger partial charge in [0.15, 0.2) is 0 Å². The van der Waals surface area contributed by atoms with E-state index >= 15 is 0 Å². The minimum absolute atomic E-state index is 0.126. The van der Waals surface area contributed by atoms with Crippen molar-refractivity contribution in [3.8, 4) is 6.07 Å². The van der Waals surface area contributed by atoms with E-state index < -0.39 is 10.0 Å². The lowest BCUT2D eigenvalue weighted by atomic mass is 10.2. The largest absolute Gasteiger partial charge is 0.395 e. The number of hydrogen-bond donors (Lipinski definition) is 1. The van der Waals surface area contributed by atoms with Crippen LogP contribution in [0.15, 0.2) is 24.3 Å². The van der Waals surface area contributed by atoms with E-state index in [1.807, 2.05) is 6.07 Å². The molecule has 0 aromatic heterocycles. The maximum atomic E-state index is 12.3. The second-order valence-electron chi connectivity index (χ2n) is 4.66. The molecule has 1 N–H and O–H groups in total. The first kappa shape index (κ1) is 14.0. The van der Waals surface area contributed by atoms with Crippen LogP contribution in [0.5, 0.6) is 0 Å². The van der Waals surface area contributed by atoms with Crippen LogP contribution < -0.4 is 0 Å².